The number of H-pyrrole nitrogens is 1. The van der Waals surface area contributed by atoms with E-state index < -0.39 is 30.2 Å². The minimum absolute atomic E-state index is 0.0229. The first kappa shape index (κ1) is 42.3. The number of piperazine rings is 1. The van der Waals surface area contributed by atoms with Gasteiger partial charge in [-0.05, 0) is 61.9 Å². The minimum Gasteiger partial charge on any atom is -0.453 e. The predicted molar refractivity (Wildman–Crippen MR) is 214 cm³/mol. The van der Waals surface area contributed by atoms with Crippen LogP contribution in [-0.2, 0) is 9.53 Å². The van der Waals surface area contributed by atoms with Gasteiger partial charge < -0.3 is 45.1 Å². The standard InChI is InChI=1S/C41H48F3N9O6/c1-23(2)35(50-40(57)58-6)38(55)53-15-7-8-32(53)36-47-21-31(48-36)27-11-9-26(10-12-27)29-18-24(3)30(19-33(29)59-41(42,43)44)49-37(54)28-13-14-34(46-20-28)52-17-16-51(22-25(52)4)39(56)45-5/h9-14,18-21,23,25,32,35H,7-8,15-17,22H2,1-6H3,(H,45,56)(H,47,48)(H,49,54)(H,50,57)/t25-,32+,35+/m1/s1. The average Bonchev–Trinajstić information content (AvgIpc) is 3.91. The van der Waals surface area contributed by atoms with Gasteiger partial charge in [0.25, 0.3) is 5.91 Å². The molecule has 15 nitrogen and oxygen atoms in total. The number of aromatic nitrogens is 3. The molecule has 4 N–H and O–H groups in total. The van der Waals surface area contributed by atoms with Gasteiger partial charge in [0.05, 0.1) is 24.4 Å². The Hall–Kier alpha value is -6.33. The van der Waals surface area contributed by atoms with Crippen molar-refractivity contribution in [3.05, 3.63) is 77.9 Å². The van der Waals surface area contributed by atoms with E-state index in [1.54, 1.807) is 66.4 Å². The maximum atomic E-state index is 13.7. The van der Waals surface area contributed by atoms with Gasteiger partial charge in [0, 0.05) is 74.5 Å². The van der Waals surface area contributed by atoms with Crippen LogP contribution in [0.3, 0.4) is 0 Å². The van der Waals surface area contributed by atoms with Crippen molar-refractivity contribution in [1.82, 2.24) is 35.4 Å². The number of hydrogen-bond acceptors (Lipinski definition) is 9. The molecule has 2 fully saturated rings. The SMILES string of the molecule is CNC(=O)N1CCN(c2ccc(C(=O)Nc3cc(OC(F)(F)F)c(-c4ccc(-c5c[nH]c([C@@H]6CCCN6C(=O)[C@@H](NC(=O)OC)C(C)C)n5)cc4)cc3C)cn2)[C@H](C)C1. The van der Waals surface area contributed by atoms with Crippen molar-refractivity contribution in [2.24, 2.45) is 5.92 Å². The zero-order valence-electron chi connectivity index (χ0n) is 33.6. The molecule has 6 rings (SSSR count). The molecule has 5 amide bonds. The van der Waals surface area contributed by atoms with Crippen molar-refractivity contribution < 1.29 is 41.8 Å². The number of carbonyl (C=O) groups is 4. The molecule has 2 aromatic carbocycles. The molecule has 0 saturated carbocycles. The Morgan fingerprint density at radius 3 is 2.36 bits per heavy atom. The number of ether oxygens (including phenoxy) is 2. The molecule has 59 heavy (non-hydrogen) atoms. The van der Waals surface area contributed by atoms with Gasteiger partial charge in [-0.15, -0.1) is 13.2 Å². The maximum Gasteiger partial charge on any atom is 0.573 e. The van der Waals surface area contributed by atoms with E-state index in [9.17, 15) is 32.3 Å². The van der Waals surface area contributed by atoms with Crippen molar-refractivity contribution in [2.75, 3.05) is 50.6 Å². The maximum absolute atomic E-state index is 13.7. The van der Waals surface area contributed by atoms with Gasteiger partial charge in [0.15, 0.2) is 0 Å². The zero-order chi connectivity index (χ0) is 42.6. The number of amides is 5. The highest BCUT2D eigenvalue weighted by molar-refractivity contribution is 6.05. The van der Waals surface area contributed by atoms with E-state index in [2.05, 4.69) is 30.7 Å². The number of nitrogens with one attached hydrogen (secondary N) is 4. The predicted octanol–water partition coefficient (Wildman–Crippen LogP) is 6.49. The summed E-state index contributed by atoms with van der Waals surface area (Å²) in [5.74, 6) is -0.288. The highest BCUT2D eigenvalue weighted by Crippen LogP contribution is 2.39. The Labute approximate surface area is 339 Å². The number of alkyl halides is 3. The number of hydrogen-bond donors (Lipinski definition) is 4. The van der Waals surface area contributed by atoms with E-state index in [1.807, 2.05) is 25.7 Å². The topological polar surface area (TPSA) is 174 Å². The first-order valence-corrected chi connectivity index (χ1v) is 19.3. The van der Waals surface area contributed by atoms with Crippen molar-refractivity contribution in [2.45, 2.75) is 65.0 Å². The summed E-state index contributed by atoms with van der Waals surface area (Å²) < 4.78 is 50.4. The Morgan fingerprint density at radius 2 is 1.73 bits per heavy atom. The zero-order valence-corrected chi connectivity index (χ0v) is 33.6. The van der Waals surface area contributed by atoms with Crippen LogP contribution in [0.15, 0.2) is 60.9 Å². The fourth-order valence-corrected chi connectivity index (χ4v) is 7.45. The van der Waals surface area contributed by atoms with Crippen LogP contribution in [-0.4, -0.2) is 107 Å². The van der Waals surface area contributed by atoms with Crippen LogP contribution < -0.4 is 25.6 Å². The monoisotopic (exact) mass is 819 g/mol. The van der Waals surface area contributed by atoms with Gasteiger partial charge in [0.2, 0.25) is 5.91 Å². The van der Waals surface area contributed by atoms with Crippen LogP contribution in [0.2, 0.25) is 0 Å². The number of halogens is 3. The first-order chi connectivity index (χ1) is 28.1. The number of pyridine rings is 1. The van der Waals surface area contributed by atoms with Crippen LogP contribution >= 0.6 is 0 Å². The molecule has 3 atom stereocenters. The summed E-state index contributed by atoms with van der Waals surface area (Å²) in [6, 6.07) is 11.4. The normalized spacial score (nSPS) is 17.4. The first-order valence-electron chi connectivity index (χ1n) is 19.3. The molecule has 2 aliphatic rings. The summed E-state index contributed by atoms with van der Waals surface area (Å²) in [5.41, 5.74) is 2.66. The van der Waals surface area contributed by atoms with Gasteiger partial charge in [0.1, 0.15) is 23.4 Å². The fourth-order valence-electron chi connectivity index (χ4n) is 7.45. The quantitative estimate of drug-likeness (QED) is 0.140. The molecule has 18 heteroatoms. The van der Waals surface area contributed by atoms with Crippen LogP contribution in [0.25, 0.3) is 22.4 Å². The number of methoxy groups -OCH3 is 1. The second-order valence-corrected chi connectivity index (χ2v) is 14.9. The molecule has 0 bridgehead atoms. The lowest BCUT2D eigenvalue weighted by atomic mass is 9.99. The number of carbonyl (C=O) groups excluding carboxylic acids is 4. The minimum atomic E-state index is -5.01. The Bertz CT molecular complexity index is 2160. The molecular formula is C41H48F3N9O6. The van der Waals surface area contributed by atoms with Crippen LogP contribution in [0.5, 0.6) is 5.75 Å². The van der Waals surface area contributed by atoms with Crippen LogP contribution in [0, 0.1) is 12.8 Å². The molecule has 2 aliphatic heterocycles. The number of imidazole rings is 1. The Kier molecular flexibility index (Phi) is 12.7. The summed E-state index contributed by atoms with van der Waals surface area (Å²) >= 11 is 0. The van der Waals surface area contributed by atoms with Crippen molar-refractivity contribution in [3.8, 4) is 28.1 Å². The lowest BCUT2D eigenvalue weighted by molar-refractivity contribution is -0.274. The number of nitrogens with zero attached hydrogens (tertiary/aromatic N) is 5. The number of anilines is 2. The number of aromatic amines is 1. The fraction of sp³-hybridized carbons (Fsp3) is 0.415. The third-order valence-corrected chi connectivity index (χ3v) is 10.6. The molecule has 2 saturated heterocycles. The third kappa shape index (κ3) is 9.69. The summed E-state index contributed by atoms with van der Waals surface area (Å²) in [4.78, 5) is 68.7. The molecule has 0 spiro atoms. The van der Waals surface area contributed by atoms with E-state index in [0.29, 0.717) is 66.6 Å². The summed E-state index contributed by atoms with van der Waals surface area (Å²) in [7, 11) is 2.82. The number of alkyl carbamates (subject to hydrolysis) is 1. The summed E-state index contributed by atoms with van der Waals surface area (Å²) in [5, 5.41) is 7.97. The highest BCUT2D eigenvalue weighted by Gasteiger charge is 2.38. The van der Waals surface area contributed by atoms with Gasteiger partial charge in [-0.1, -0.05) is 38.1 Å². The Balaban J connectivity index is 1.17. The van der Waals surface area contributed by atoms with E-state index in [1.165, 1.54) is 19.4 Å². The molecule has 4 heterocycles. The molecule has 2 aromatic heterocycles. The summed E-state index contributed by atoms with van der Waals surface area (Å²) in [6.45, 7) is 9.37. The number of likely N-dealkylation sites (tertiary alicyclic amines) is 1. The number of rotatable bonds is 10. The molecule has 314 valence electrons. The molecule has 0 unspecified atom stereocenters. The largest absolute Gasteiger partial charge is 0.573 e. The van der Waals surface area contributed by atoms with Crippen molar-refractivity contribution >= 4 is 35.4 Å². The van der Waals surface area contributed by atoms with Crippen LogP contribution in [0.4, 0.5) is 34.3 Å². The molecular weight excluding hydrogens is 772 g/mol. The highest BCUT2D eigenvalue weighted by atomic mass is 19.4. The smallest absolute Gasteiger partial charge is 0.453 e. The molecule has 0 aliphatic carbocycles. The van der Waals surface area contributed by atoms with Crippen molar-refractivity contribution in [3.63, 3.8) is 0 Å². The number of aryl methyl sites for hydroxylation is 1. The lowest BCUT2D eigenvalue weighted by Gasteiger charge is -2.40. The van der Waals surface area contributed by atoms with E-state index in [0.717, 1.165) is 12.5 Å². The van der Waals surface area contributed by atoms with Gasteiger partial charge >= 0.3 is 18.5 Å². The van der Waals surface area contributed by atoms with Gasteiger partial charge in [-0.3, -0.25) is 9.59 Å². The summed E-state index contributed by atoms with van der Waals surface area (Å²) in [6.07, 6.45) is -1.18. The van der Waals surface area contributed by atoms with E-state index in [-0.39, 0.29) is 46.8 Å². The third-order valence-electron chi connectivity index (χ3n) is 10.6. The molecule has 0 radical (unpaired) electrons. The number of urea groups is 1. The van der Waals surface area contributed by atoms with Gasteiger partial charge in [-0.25, -0.2) is 19.6 Å². The van der Waals surface area contributed by atoms with Crippen molar-refractivity contribution in [1.29, 1.82) is 0 Å². The van der Waals surface area contributed by atoms with E-state index >= 15 is 0 Å². The lowest BCUT2D eigenvalue weighted by Crippen LogP contribution is -2.55. The second kappa shape index (κ2) is 17.7. The number of benzene rings is 2. The average molecular weight is 820 g/mol. The van der Waals surface area contributed by atoms with E-state index in [4.69, 9.17) is 9.72 Å². The second-order valence-electron chi connectivity index (χ2n) is 14.9. The van der Waals surface area contributed by atoms with Gasteiger partial charge in [-0.2, -0.15) is 0 Å². The Morgan fingerprint density at radius 1 is 1.00 bits per heavy atom. The van der Waals surface area contributed by atoms with Crippen LogP contribution in [0.1, 0.15) is 61.4 Å². The molecule has 4 aromatic rings.